The van der Waals surface area contributed by atoms with Gasteiger partial charge in [-0.1, -0.05) is 13.3 Å². The minimum absolute atomic E-state index is 0.203. The van der Waals surface area contributed by atoms with Gasteiger partial charge in [0.2, 0.25) is 5.91 Å². The van der Waals surface area contributed by atoms with Crippen molar-refractivity contribution in [3.05, 3.63) is 0 Å². The van der Waals surface area contributed by atoms with E-state index < -0.39 is 5.54 Å². The van der Waals surface area contributed by atoms with Gasteiger partial charge in [-0.15, -0.1) is 0 Å². The molecule has 0 saturated heterocycles. The maximum Gasteiger partial charge on any atom is 0.237 e. The Kier molecular flexibility index (Phi) is 5.60. The van der Waals surface area contributed by atoms with Crippen LogP contribution in [0.15, 0.2) is 0 Å². The highest BCUT2D eigenvalue weighted by atomic mass is 16.1. The summed E-state index contributed by atoms with van der Waals surface area (Å²) in [6.45, 7) is 4.48. The number of carbonyl (C=O) groups excluding carboxylic acids is 1. The largest absolute Gasteiger partial charge is 0.368 e. The molecule has 1 saturated carbocycles. The molecule has 1 aliphatic rings. The molecule has 1 aliphatic carbocycles. The van der Waals surface area contributed by atoms with E-state index in [-0.39, 0.29) is 5.91 Å². The number of nitrogens with zero attached hydrogens (tertiary/aromatic N) is 1. The smallest absolute Gasteiger partial charge is 0.237 e. The number of rotatable bonds is 6. The van der Waals surface area contributed by atoms with E-state index in [1.807, 2.05) is 7.05 Å². The average Bonchev–Trinajstić information content (AvgIpc) is 2.37. The van der Waals surface area contributed by atoms with Crippen molar-refractivity contribution in [2.45, 2.75) is 70.0 Å². The Hall–Kier alpha value is -0.610. The number of amides is 1. The van der Waals surface area contributed by atoms with Gasteiger partial charge < -0.3 is 16.0 Å². The van der Waals surface area contributed by atoms with E-state index in [4.69, 9.17) is 5.73 Å². The standard InChI is InChI=1S/C14H29N3O/c1-5-7-11(2)17(4)12-8-6-9-14(10-12,16-3)13(15)18/h11-12,16H,5-10H2,1-4H3,(H2,15,18). The summed E-state index contributed by atoms with van der Waals surface area (Å²) in [6, 6.07) is 1.03. The quantitative estimate of drug-likeness (QED) is 0.756. The van der Waals surface area contributed by atoms with E-state index in [9.17, 15) is 4.79 Å². The number of likely N-dealkylation sites (N-methyl/N-ethyl adjacent to an activating group) is 1. The van der Waals surface area contributed by atoms with Gasteiger partial charge in [-0.2, -0.15) is 0 Å². The van der Waals surface area contributed by atoms with Gasteiger partial charge in [0.25, 0.3) is 0 Å². The van der Waals surface area contributed by atoms with Gasteiger partial charge >= 0.3 is 0 Å². The van der Waals surface area contributed by atoms with Crippen molar-refractivity contribution < 1.29 is 4.79 Å². The minimum Gasteiger partial charge on any atom is -0.368 e. The Labute approximate surface area is 111 Å². The lowest BCUT2D eigenvalue weighted by molar-refractivity contribution is -0.126. The first-order valence-corrected chi connectivity index (χ1v) is 7.17. The molecule has 0 bridgehead atoms. The van der Waals surface area contributed by atoms with Crippen molar-refractivity contribution >= 4 is 5.91 Å². The molecule has 0 aromatic heterocycles. The second-order valence-electron chi connectivity index (χ2n) is 5.75. The van der Waals surface area contributed by atoms with E-state index in [0.29, 0.717) is 12.1 Å². The predicted molar refractivity (Wildman–Crippen MR) is 75.4 cm³/mol. The number of nitrogens with one attached hydrogen (secondary N) is 1. The fourth-order valence-corrected chi connectivity index (χ4v) is 3.15. The molecule has 3 unspecified atom stereocenters. The highest BCUT2D eigenvalue weighted by molar-refractivity contribution is 5.84. The summed E-state index contributed by atoms with van der Waals surface area (Å²) < 4.78 is 0. The number of nitrogens with two attached hydrogens (primary N) is 1. The van der Waals surface area contributed by atoms with Gasteiger partial charge in [-0.3, -0.25) is 4.79 Å². The summed E-state index contributed by atoms with van der Waals surface area (Å²) in [6.07, 6.45) is 6.34. The molecule has 106 valence electrons. The lowest BCUT2D eigenvalue weighted by Crippen LogP contribution is -2.59. The van der Waals surface area contributed by atoms with Crippen LogP contribution >= 0.6 is 0 Å². The van der Waals surface area contributed by atoms with Gasteiger partial charge in [0.05, 0.1) is 5.54 Å². The first kappa shape index (κ1) is 15.4. The topological polar surface area (TPSA) is 58.4 Å². The Morgan fingerprint density at radius 3 is 2.78 bits per heavy atom. The van der Waals surface area contributed by atoms with E-state index in [0.717, 1.165) is 19.3 Å². The van der Waals surface area contributed by atoms with Crippen molar-refractivity contribution in [2.75, 3.05) is 14.1 Å². The fraction of sp³-hybridized carbons (Fsp3) is 0.929. The monoisotopic (exact) mass is 255 g/mol. The summed E-state index contributed by atoms with van der Waals surface area (Å²) in [5.41, 5.74) is 5.09. The van der Waals surface area contributed by atoms with Crippen LogP contribution in [0.4, 0.5) is 0 Å². The van der Waals surface area contributed by atoms with E-state index >= 15 is 0 Å². The first-order chi connectivity index (χ1) is 8.46. The van der Waals surface area contributed by atoms with Crippen molar-refractivity contribution in [1.82, 2.24) is 10.2 Å². The predicted octanol–water partition coefficient (Wildman–Crippen LogP) is 1.49. The third-order valence-electron chi connectivity index (χ3n) is 4.65. The van der Waals surface area contributed by atoms with E-state index in [1.165, 1.54) is 19.3 Å². The van der Waals surface area contributed by atoms with Gasteiger partial charge in [0.1, 0.15) is 0 Å². The highest BCUT2D eigenvalue weighted by Gasteiger charge is 2.41. The second kappa shape index (κ2) is 6.53. The molecule has 0 heterocycles. The highest BCUT2D eigenvalue weighted by Crippen LogP contribution is 2.31. The molecule has 1 fully saturated rings. The van der Waals surface area contributed by atoms with Crippen molar-refractivity contribution in [3.8, 4) is 0 Å². The lowest BCUT2D eigenvalue weighted by Gasteiger charge is -2.43. The molecule has 0 spiro atoms. The normalized spacial score (nSPS) is 30.4. The van der Waals surface area contributed by atoms with Gasteiger partial charge in [0, 0.05) is 12.1 Å². The number of hydrogen-bond acceptors (Lipinski definition) is 3. The van der Waals surface area contributed by atoms with Crippen molar-refractivity contribution in [2.24, 2.45) is 5.73 Å². The van der Waals surface area contributed by atoms with Crippen LogP contribution in [-0.4, -0.2) is 42.5 Å². The molecular formula is C14H29N3O. The van der Waals surface area contributed by atoms with Crippen LogP contribution in [0.25, 0.3) is 0 Å². The Morgan fingerprint density at radius 2 is 2.28 bits per heavy atom. The lowest BCUT2D eigenvalue weighted by atomic mass is 9.77. The van der Waals surface area contributed by atoms with E-state index in [1.54, 1.807) is 0 Å². The molecule has 1 amide bonds. The zero-order chi connectivity index (χ0) is 13.8. The second-order valence-corrected chi connectivity index (χ2v) is 5.75. The summed E-state index contributed by atoms with van der Waals surface area (Å²) in [4.78, 5) is 14.1. The fourth-order valence-electron chi connectivity index (χ4n) is 3.15. The maximum atomic E-state index is 11.7. The number of carbonyl (C=O) groups is 1. The average molecular weight is 255 g/mol. The maximum absolute atomic E-state index is 11.7. The Bertz CT molecular complexity index is 282. The molecule has 4 heteroatoms. The zero-order valence-corrected chi connectivity index (χ0v) is 12.3. The van der Waals surface area contributed by atoms with Crippen LogP contribution in [0.1, 0.15) is 52.4 Å². The van der Waals surface area contributed by atoms with Crippen LogP contribution in [0.3, 0.4) is 0 Å². The SMILES string of the molecule is CCCC(C)N(C)C1CCCC(NC)(C(N)=O)C1. The van der Waals surface area contributed by atoms with Gasteiger partial charge in [0.15, 0.2) is 0 Å². The molecule has 0 aromatic carbocycles. The Balaban J connectivity index is 2.71. The summed E-state index contributed by atoms with van der Waals surface area (Å²) in [5, 5.41) is 3.17. The molecule has 0 aliphatic heterocycles. The van der Waals surface area contributed by atoms with E-state index in [2.05, 4.69) is 31.1 Å². The Morgan fingerprint density at radius 1 is 1.61 bits per heavy atom. The van der Waals surface area contributed by atoms with Crippen LogP contribution in [0.2, 0.25) is 0 Å². The van der Waals surface area contributed by atoms with Crippen LogP contribution in [-0.2, 0) is 4.79 Å². The number of primary amides is 1. The molecule has 3 atom stereocenters. The summed E-state index contributed by atoms with van der Waals surface area (Å²) >= 11 is 0. The molecule has 3 N–H and O–H groups in total. The minimum atomic E-state index is -0.497. The molecule has 18 heavy (non-hydrogen) atoms. The van der Waals surface area contributed by atoms with Gasteiger partial charge in [-0.25, -0.2) is 0 Å². The van der Waals surface area contributed by atoms with Crippen molar-refractivity contribution in [3.63, 3.8) is 0 Å². The summed E-state index contributed by atoms with van der Waals surface area (Å²) in [7, 11) is 4.03. The summed E-state index contributed by atoms with van der Waals surface area (Å²) in [5.74, 6) is -0.203. The third-order valence-corrected chi connectivity index (χ3v) is 4.65. The van der Waals surface area contributed by atoms with Crippen LogP contribution in [0, 0.1) is 0 Å². The molecule has 0 radical (unpaired) electrons. The molecule has 1 rings (SSSR count). The molecular weight excluding hydrogens is 226 g/mol. The molecule has 4 nitrogen and oxygen atoms in total. The van der Waals surface area contributed by atoms with Crippen LogP contribution in [0.5, 0.6) is 0 Å². The number of hydrogen-bond donors (Lipinski definition) is 2. The molecule has 0 aromatic rings. The third kappa shape index (κ3) is 3.23. The zero-order valence-electron chi connectivity index (χ0n) is 12.3. The van der Waals surface area contributed by atoms with Crippen molar-refractivity contribution in [1.29, 1.82) is 0 Å². The van der Waals surface area contributed by atoms with Crippen LogP contribution < -0.4 is 11.1 Å². The first-order valence-electron chi connectivity index (χ1n) is 7.17. The van der Waals surface area contributed by atoms with Gasteiger partial charge in [-0.05, 0) is 53.1 Å².